The van der Waals surface area contributed by atoms with Crippen molar-refractivity contribution in [3.05, 3.63) is 82.4 Å². The van der Waals surface area contributed by atoms with Crippen molar-refractivity contribution in [2.45, 2.75) is 6.04 Å². The van der Waals surface area contributed by atoms with Gasteiger partial charge in [-0.2, -0.15) is 0 Å². The number of halogens is 1. The molecule has 34 heavy (non-hydrogen) atoms. The monoisotopic (exact) mass is 481 g/mol. The van der Waals surface area contributed by atoms with Crippen LogP contribution in [0.2, 0.25) is 5.02 Å². The number of para-hydroxylation sites is 2. The summed E-state index contributed by atoms with van der Waals surface area (Å²) >= 11 is 6.25. The molecule has 0 aliphatic carbocycles. The topological polar surface area (TPSA) is 117 Å². The summed E-state index contributed by atoms with van der Waals surface area (Å²) in [7, 11) is 2.79. The quantitative estimate of drug-likeness (QED) is 0.281. The molecule has 1 aliphatic heterocycles. The highest BCUT2D eigenvalue weighted by Crippen LogP contribution is 2.46. The second-order valence-corrected chi connectivity index (χ2v) is 7.84. The number of hydrogen-bond donors (Lipinski definition) is 3. The van der Waals surface area contributed by atoms with Crippen molar-refractivity contribution in [3.63, 3.8) is 0 Å². The van der Waals surface area contributed by atoms with Gasteiger partial charge in [-0.3, -0.25) is 14.5 Å². The highest BCUT2D eigenvalue weighted by atomic mass is 35.5. The maximum Gasteiger partial charge on any atom is 0.300 e. The smallest absolute Gasteiger partial charge is 0.300 e. The number of ketones is 1. The molecule has 4 rings (SSSR count). The zero-order valence-corrected chi connectivity index (χ0v) is 18.9. The van der Waals surface area contributed by atoms with E-state index in [1.54, 1.807) is 12.1 Å². The number of methoxy groups -OCH3 is 2. The number of ether oxygens (including phenoxy) is 2. The zero-order chi connectivity index (χ0) is 24.6. The summed E-state index contributed by atoms with van der Waals surface area (Å²) in [5.74, 6) is -2.22. The number of carbonyl (C=O) groups excluding carboxylic acids is 2. The van der Waals surface area contributed by atoms with E-state index in [2.05, 4.69) is 0 Å². The first-order chi connectivity index (χ1) is 16.3. The molecule has 3 N–H and O–H groups in total. The van der Waals surface area contributed by atoms with Crippen LogP contribution >= 0.6 is 11.6 Å². The van der Waals surface area contributed by atoms with Crippen LogP contribution < -0.4 is 14.4 Å². The molecule has 3 aromatic carbocycles. The largest absolute Gasteiger partial charge is 0.508 e. The van der Waals surface area contributed by atoms with E-state index in [0.717, 1.165) is 4.90 Å². The SMILES string of the molecule is COc1cc(OC)c(/C(O)=C2\C(=O)C(=O)N(c3ccccc3O)C2c2ccc(O)cc2)cc1Cl. The predicted octanol–water partition coefficient (Wildman–Crippen LogP) is 4.39. The molecule has 0 aromatic heterocycles. The van der Waals surface area contributed by atoms with Crippen LogP contribution in [-0.4, -0.2) is 41.2 Å². The Bertz CT molecular complexity index is 1320. The van der Waals surface area contributed by atoms with Crippen LogP contribution in [0.1, 0.15) is 17.2 Å². The fraction of sp³-hybridized carbons (Fsp3) is 0.120. The third-order valence-corrected chi connectivity index (χ3v) is 5.82. The van der Waals surface area contributed by atoms with Gasteiger partial charge in [0.25, 0.3) is 11.7 Å². The van der Waals surface area contributed by atoms with Crippen LogP contribution in [0.4, 0.5) is 5.69 Å². The van der Waals surface area contributed by atoms with Gasteiger partial charge in [-0.25, -0.2) is 0 Å². The summed E-state index contributed by atoms with van der Waals surface area (Å²) in [6.45, 7) is 0. The maximum atomic E-state index is 13.2. The van der Waals surface area contributed by atoms with Crippen molar-refractivity contribution in [2.24, 2.45) is 0 Å². The molecule has 1 unspecified atom stereocenters. The fourth-order valence-electron chi connectivity index (χ4n) is 3.91. The number of benzene rings is 3. The molecule has 1 atom stereocenters. The highest BCUT2D eigenvalue weighted by molar-refractivity contribution is 6.52. The Morgan fingerprint density at radius 3 is 2.21 bits per heavy atom. The standard InChI is InChI=1S/C25H20ClNO7/c1-33-19-12-20(34-2)16(26)11-15(19)23(30)21-22(13-7-9-14(28)10-8-13)27(25(32)24(21)31)17-5-3-4-6-18(17)29/h3-12,22,28-30H,1-2H3/b23-21+. The van der Waals surface area contributed by atoms with E-state index in [4.69, 9.17) is 21.1 Å². The number of Topliss-reactive ketones (excluding diaryl/α,β-unsaturated/α-hetero) is 1. The van der Waals surface area contributed by atoms with E-state index in [9.17, 15) is 24.9 Å². The van der Waals surface area contributed by atoms with E-state index in [1.165, 1.54) is 62.8 Å². The molecule has 1 heterocycles. The van der Waals surface area contributed by atoms with Gasteiger partial charge in [-0.1, -0.05) is 35.9 Å². The lowest BCUT2D eigenvalue weighted by molar-refractivity contribution is -0.132. The van der Waals surface area contributed by atoms with Gasteiger partial charge in [-0.15, -0.1) is 0 Å². The summed E-state index contributed by atoms with van der Waals surface area (Å²) < 4.78 is 10.5. The number of hydrogen-bond acceptors (Lipinski definition) is 7. The number of carbonyl (C=O) groups is 2. The number of rotatable bonds is 5. The van der Waals surface area contributed by atoms with Crippen molar-refractivity contribution in [1.82, 2.24) is 0 Å². The number of aliphatic hydroxyl groups is 1. The summed E-state index contributed by atoms with van der Waals surface area (Å²) in [6.07, 6.45) is 0. The van der Waals surface area contributed by atoms with Gasteiger partial charge in [0, 0.05) is 6.07 Å². The lowest BCUT2D eigenvalue weighted by Crippen LogP contribution is -2.29. The minimum atomic E-state index is -1.11. The Labute approximate surface area is 199 Å². The number of nitrogens with zero attached hydrogens (tertiary/aromatic N) is 1. The van der Waals surface area contributed by atoms with Crippen LogP contribution in [0.3, 0.4) is 0 Å². The molecule has 3 aromatic rings. The van der Waals surface area contributed by atoms with Crippen LogP contribution in [0.5, 0.6) is 23.0 Å². The average Bonchev–Trinajstić information content (AvgIpc) is 3.09. The molecule has 9 heteroatoms. The molecule has 1 saturated heterocycles. The van der Waals surface area contributed by atoms with E-state index < -0.39 is 23.5 Å². The lowest BCUT2D eigenvalue weighted by Gasteiger charge is -2.26. The van der Waals surface area contributed by atoms with Crippen LogP contribution in [0, 0.1) is 0 Å². The van der Waals surface area contributed by atoms with Crippen molar-refractivity contribution < 1.29 is 34.4 Å². The Morgan fingerprint density at radius 2 is 1.59 bits per heavy atom. The fourth-order valence-corrected chi connectivity index (χ4v) is 4.15. The number of anilines is 1. The van der Waals surface area contributed by atoms with Crippen LogP contribution in [-0.2, 0) is 9.59 Å². The highest BCUT2D eigenvalue weighted by Gasteiger charge is 2.48. The lowest BCUT2D eigenvalue weighted by atomic mass is 9.94. The summed E-state index contributed by atoms with van der Waals surface area (Å²) in [5, 5.41) is 31.6. The van der Waals surface area contributed by atoms with Crippen molar-refractivity contribution >= 4 is 34.7 Å². The van der Waals surface area contributed by atoms with Gasteiger partial charge in [-0.05, 0) is 35.9 Å². The molecule has 174 valence electrons. The van der Waals surface area contributed by atoms with Crippen LogP contribution in [0.15, 0.2) is 66.2 Å². The zero-order valence-electron chi connectivity index (χ0n) is 18.2. The number of amides is 1. The van der Waals surface area contributed by atoms with Gasteiger partial charge in [0.1, 0.15) is 28.8 Å². The van der Waals surface area contributed by atoms with Crippen molar-refractivity contribution in [2.75, 3.05) is 19.1 Å². The van der Waals surface area contributed by atoms with Crippen molar-refractivity contribution in [1.29, 1.82) is 0 Å². The maximum absolute atomic E-state index is 13.2. The molecule has 8 nitrogen and oxygen atoms in total. The van der Waals surface area contributed by atoms with E-state index in [0.29, 0.717) is 11.3 Å². The molecule has 0 spiro atoms. The van der Waals surface area contributed by atoms with Gasteiger partial charge < -0.3 is 24.8 Å². The summed E-state index contributed by atoms with van der Waals surface area (Å²) in [5.41, 5.74) is 0.340. The number of aliphatic hydroxyl groups excluding tert-OH is 1. The minimum absolute atomic E-state index is 0.0214. The molecule has 1 fully saturated rings. The molecule has 0 saturated carbocycles. The Balaban J connectivity index is 2.00. The normalized spacial score (nSPS) is 17.1. The van der Waals surface area contributed by atoms with Gasteiger partial charge in [0.05, 0.1) is 42.1 Å². The number of phenolic OH excluding ortho intramolecular Hbond substituents is 2. The molecule has 1 amide bonds. The number of phenols is 2. The number of aromatic hydroxyl groups is 2. The Morgan fingerprint density at radius 1 is 0.941 bits per heavy atom. The van der Waals surface area contributed by atoms with E-state index >= 15 is 0 Å². The molecule has 1 aliphatic rings. The second kappa shape index (κ2) is 8.99. The first-order valence-electron chi connectivity index (χ1n) is 10.1. The van der Waals surface area contributed by atoms with Crippen LogP contribution in [0.25, 0.3) is 5.76 Å². The predicted molar refractivity (Wildman–Crippen MR) is 126 cm³/mol. The first-order valence-corrected chi connectivity index (χ1v) is 10.5. The molecule has 0 bridgehead atoms. The minimum Gasteiger partial charge on any atom is -0.508 e. The molecular formula is C25H20ClNO7. The van der Waals surface area contributed by atoms with E-state index in [-0.39, 0.29) is 39.1 Å². The Hall–Kier alpha value is -4.17. The van der Waals surface area contributed by atoms with Gasteiger partial charge >= 0.3 is 0 Å². The second-order valence-electron chi connectivity index (χ2n) is 7.44. The van der Waals surface area contributed by atoms with Crippen molar-refractivity contribution in [3.8, 4) is 23.0 Å². The van der Waals surface area contributed by atoms with Gasteiger partial charge in [0.15, 0.2) is 0 Å². The third kappa shape index (κ3) is 3.78. The average molecular weight is 482 g/mol. The molecular weight excluding hydrogens is 462 g/mol. The summed E-state index contributed by atoms with van der Waals surface area (Å²) in [4.78, 5) is 27.5. The Kier molecular flexibility index (Phi) is 6.08. The first kappa shape index (κ1) is 23.0. The third-order valence-electron chi connectivity index (χ3n) is 5.52. The molecule has 0 radical (unpaired) electrons. The van der Waals surface area contributed by atoms with Gasteiger partial charge in [0.2, 0.25) is 0 Å². The van der Waals surface area contributed by atoms with E-state index in [1.807, 2.05) is 0 Å². The summed E-state index contributed by atoms with van der Waals surface area (Å²) in [6, 6.07) is 13.6.